The molecular weight excluding hydrogens is 334 g/mol. The summed E-state index contributed by atoms with van der Waals surface area (Å²) in [5.41, 5.74) is -0.397. The van der Waals surface area contributed by atoms with Crippen molar-refractivity contribution in [3.8, 4) is 0 Å². The smallest absolute Gasteiger partial charge is 0.296 e. The summed E-state index contributed by atoms with van der Waals surface area (Å²) in [4.78, 5) is 13.7. The van der Waals surface area contributed by atoms with Crippen molar-refractivity contribution in [2.24, 2.45) is 5.14 Å². The van der Waals surface area contributed by atoms with E-state index < -0.39 is 35.8 Å². The van der Waals surface area contributed by atoms with Gasteiger partial charge in [0.2, 0.25) is 15.9 Å². The Morgan fingerprint density at radius 2 is 1.91 bits per heavy atom. The Kier molecular flexibility index (Phi) is 3.91. The average Bonchev–Trinajstić information content (AvgIpc) is 2.35. The minimum Gasteiger partial charge on any atom is -0.325 e. The number of pyridine rings is 1. The molecule has 0 bridgehead atoms. The number of rotatable bonds is 3. The number of hydrogen-bond acceptors (Lipinski definition) is 6. The molecule has 0 aliphatic rings. The highest BCUT2D eigenvalue weighted by Crippen LogP contribution is 2.34. The number of anilines is 1. The summed E-state index contributed by atoms with van der Waals surface area (Å²) >= 11 is 0. The third-order valence-electron chi connectivity index (χ3n) is 2.70. The van der Waals surface area contributed by atoms with E-state index in [4.69, 9.17) is 5.14 Å². The fraction of sp³-hybridized carbons (Fsp3) is 0.0909. The minimum absolute atomic E-state index is 0.0110. The second kappa shape index (κ2) is 5.28. The number of amides is 1. The van der Waals surface area contributed by atoms with Crippen molar-refractivity contribution in [3.05, 3.63) is 24.4 Å². The van der Waals surface area contributed by atoms with Crippen LogP contribution in [0, 0.1) is 0 Å². The quantitative estimate of drug-likeness (QED) is 0.665. The maximum atomic E-state index is 11.7. The zero-order valence-electron chi connectivity index (χ0n) is 11.1. The first-order chi connectivity index (χ1) is 10.0. The molecule has 1 aromatic carbocycles. The van der Waals surface area contributed by atoms with Gasteiger partial charge in [0.1, 0.15) is 9.79 Å². The second-order valence-corrected chi connectivity index (χ2v) is 7.27. The lowest BCUT2D eigenvalue weighted by Gasteiger charge is -2.13. The van der Waals surface area contributed by atoms with Crippen LogP contribution in [-0.2, 0) is 24.9 Å². The third-order valence-corrected chi connectivity index (χ3v) is 4.51. The lowest BCUT2D eigenvalue weighted by atomic mass is 10.2. The first-order valence-electron chi connectivity index (χ1n) is 5.71. The molecule has 0 fully saturated rings. The van der Waals surface area contributed by atoms with E-state index in [1.807, 2.05) is 0 Å². The van der Waals surface area contributed by atoms with Crippen molar-refractivity contribution < 1.29 is 26.2 Å². The Labute approximate surface area is 126 Å². The predicted octanol–water partition coefficient (Wildman–Crippen LogP) is 0.0873. The highest BCUT2D eigenvalue weighted by molar-refractivity contribution is 7.89. The van der Waals surface area contributed by atoms with Crippen molar-refractivity contribution in [2.75, 3.05) is 5.32 Å². The van der Waals surface area contributed by atoms with Gasteiger partial charge in [-0.05, 0) is 18.2 Å². The molecule has 4 N–H and O–H groups in total. The molecule has 0 spiro atoms. The monoisotopic (exact) mass is 345 g/mol. The van der Waals surface area contributed by atoms with Gasteiger partial charge in [-0.25, -0.2) is 13.6 Å². The second-order valence-electron chi connectivity index (χ2n) is 4.35. The molecule has 0 unspecified atom stereocenters. The van der Waals surface area contributed by atoms with Gasteiger partial charge in [-0.3, -0.25) is 14.3 Å². The number of nitrogens with zero attached hydrogens (tertiary/aromatic N) is 1. The Morgan fingerprint density at radius 1 is 1.27 bits per heavy atom. The van der Waals surface area contributed by atoms with Crippen LogP contribution in [0.4, 0.5) is 5.69 Å². The summed E-state index contributed by atoms with van der Waals surface area (Å²) < 4.78 is 55.5. The van der Waals surface area contributed by atoms with Gasteiger partial charge in [0.15, 0.2) is 0 Å². The molecule has 2 aromatic rings. The molecule has 1 aromatic heterocycles. The molecule has 0 atom stereocenters. The zero-order valence-corrected chi connectivity index (χ0v) is 12.8. The first-order valence-corrected chi connectivity index (χ1v) is 8.70. The number of nitrogens with two attached hydrogens (primary N) is 1. The number of carbonyl (C=O) groups excluding carboxylic acids is 1. The normalized spacial score (nSPS) is 12.3. The van der Waals surface area contributed by atoms with Crippen molar-refractivity contribution >= 4 is 42.6 Å². The number of sulfonamides is 1. The fourth-order valence-corrected chi connectivity index (χ4v) is 3.40. The summed E-state index contributed by atoms with van der Waals surface area (Å²) in [6.07, 6.45) is 1.26. The van der Waals surface area contributed by atoms with E-state index >= 15 is 0 Å². The van der Waals surface area contributed by atoms with Crippen LogP contribution in [0.15, 0.2) is 34.2 Å². The van der Waals surface area contributed by atoms with Gasteiger partial charge in [0, 0.05) is 18.5 Å². The summed E-state index contributed by atoms with van der Waals surface area (Å²) in [6.45, 7) is 1.14. The Hall–Kier alpha value is -2.08. The van der Waals surface area contributed by atoms with Gasteiger partial charge in [-0.15, -0.1) is 0 Å². The van der Waals surface area contributed by atoms with E-state index in [1.54, 1.807) is 0 Å². The van der Waals surface area contributed by atoms with Crippen molar-refractivity contribution in [1.29, 1.82) is 0 Å². The number of aromatic nitrogens is 1. The van der Waals surface area contributed by atoms with E-state index in [-0.39, 0.29) is 16.6 Å². The molecule has 118 valence electrons. The van der Waals surface area contributed by atoms with Crippen LogP contribution in [0.25, 0.3) is 10.9 Å². The molecule has 2 rings (SSSR count). The molecule has 22 heavy (non-hydrogen) atoms. The van der Waals surface area contributed by atoms with Crippen molar-refractivity contribution in [3.63, 3.8) is 0 Å². The van der Waals surface area contributed by atoms with Crippen LogP contribution in [0.3, 0.4) is 0 Å². The molecule has 1 amide bonds. The summed E-state index contributed by atoms with van der Waals surface area (Å²) in [7, 11) is -9.12. The van der Waals surface area contributed by atoms with Gasteiger partial charge in [-0.2, -0.15) is 8.42 Å². The van der Waals surface area contributed by atoms with Gasteiger partial charge < -0.3 is 5.32 Å². The first kappa shape index (κ1) is 16.3. The minimum atomic E-state index is -4.75. The number of carbonyl (C=O) groups is 1. The van der Waals surface area contributed by atoms with E-state index in [9.17, 15) is 26.2 Å². The standard InChI is InChI=1S/C11H11N3O6S2/c1-6(15)14-11-7-3-2-4-13-10(7)9(22(18,19)20)5-8(11)21(12,16)17/h2-5H,1H3,(H,14,15)(H2,12,16,17)(H,18,19,20). The van der Waals surface area contributed by atoms with Gasteiger partial charge in [0.25, 0.3) is 10.1 Å². The van der Waals surface area contributed by atoms with Crippen LogP contribution in [0.2, 0.25) is 0 Å². The largest absolute Gasteiger partial charge is 0.325 e. The number of primary sulfonamides is 1. The van der Waals surface area contributed by atoms with Crippen molar-refractivity contribution in [1.82, 2.24) is 4.98 Å². The Morgan fingerprint density at radius 3 is 2.41 bits per heavy atom. The van der Waals surface area contributed by atoms with Gasteiger partial charge >= 0.3 is 0 Å². The number of nitrogens with one attached hydrogen (secondary N) is 1. The van der Waals surface area contributed by atoms with E-state index in [0.29, 0.717) is 6.07 Å². The summed E-state index contributed by atoms with van der Waals surface area (Å²) in [6, 6.07) is 3.41. The number of fused-ring (bicyclic) bond motifs is 1. The van der Waals surface area contributed by atoms with Crippen LogP contribution >= 0.6 is 0 Å². The third kappa shape index (κ3) is 3.06. The maximum Gasteiger partial charge on any atom is 0.296 e. The van der Waals surface area contributed by atoms with Crippen LogP contribution in [0.1, 0.15) is 6.92 Å². The Balaban J connectivity index is 3.08. The fourth-order valence-electron chi connectivity index (χ4n) is 1.92. The molecule has 0 saturated carbocycles. The molecule has 0 aliphatic carbocycles. The molecule has 0 aliphatic heterocycles. The summed E-state index contributed by atoms with van der Waals surface area (Å²) in [5, 5.41) is 7.36. The zero-order chi connectivity index (χ0) is 16.7. The van der Waals surface area contributed by atoms with Gasteiger partial charge in [0.05, 0.1) is 11.2 Å². The highest BCUT2D eigenvalue weighted by atomic mass is 32.2. The number of benzene rings is 1. The lowest BCUT2D eigenvalue weighted by molar-refractivity contribution is -0.114. The van der Waals surface area contributed by atoms with E-state index in [2.05, 4.69) is 10.3 Å². The highest BCUT2D eigenvalue weighted by Gasteiger charge is 2.25. The van der Waals surface area contributed by atoms with E-state index in [1.165, 1.54) is 18.3 Å². The average molecular weight is 345 g/mol. The molecular formula is C11H11N3O6S2. The SMILES string of the molecule is CC(=O)Nc1c(S(N)(=O)=O)cc(S(=O)(=O)O)c2ncccc12. The van der Waals surface area contributed by atoms with Crippen LogP contribution < -0.4 is 10.5 Å². The maximum absolute atomic E-state index is 11.7. The van der Waals surface area contributed by atoms with E-state index in [0.717, 1.165) is 6.92 Å². The topological polar surface area (TPSA) is 157 Å². The summed E-state index contributed by atoms with van der Waals surface area (Å²) in [5.74, 6) is -0.588. The molecule has 0 radical (unpaired) electrons. The van der Waals surface area contributed by atoms with Gasteiger partial charge in [-0.1, -0.05) is 0 Å². The predicted molar refractivity (Wildman–Crippen MR) is 77.2 cm³/mol. The molecule has 9 nitrogen and oxygen atoms in total. The van der Waals surface area contributed by atoms with Crippen LogP contribution in [-0.4, -0.2) is 32.3 Å². The lowest BCUT2D eigenvalue weighted by Crippen LogP contribution is -2.18. The number of hydrogen-bond donors (Lipinski definition) is 3. The molecule has 0 saturated heterocycles. The van der Waals surface area contributed by atoms with Crippen molar-refractivity contribution in [2.45, 2.75) is 16.7 Å². The Bertz CT molecular complexity index is 982. The molecule has 11 heteroatoms. The van der Waals surface area contributed by atoms with Crippen LogP contribution in [0.5, 0.6) is 0 Å². The molecule has 1 heterocycles.